The second kappa shape index (κ2) is 5.00. The number of rotatable bonds is 2. The number of aryl methyl sites for hydroxylation is 2. The first kappa shape index (κ1) is 12.7. The molecule has 3 rings (SSSR count). The standard InChI is InChI=1S/C17H18N2O/c1-11-7-12(2)9-14(8-11)18-17(20)16-10-13-5-3-4-6-15(13)19-16/h3-9,16,19H,10H2,1-2H3,(H,18,20). The number of carbonyl (C=O) groups excluding carboxylic acids is 1. The van der Waals surface area contributed by atoms with E-state index in [0.717, 1.165) is 28.9 Å². The fraction of sp³-hybridized carbons (Fsp3) is 0.235. The summed E-state index contributed by atoms with van der Waals surface area (Å²) in [7, 11) is 0. The van der Waals surface area contributed by atoms with Crippen molar-refractivity contribution in [3.8, 4) is 0 Å². The van der Waals surface area contributed by atoms with Gasteiger partial charge in [-0.15, -0.1) is 0 Å². The predicted octanol–water partition coefficient (Wildman–Crippen LogP) is 3.28. The van der Waals surface area contributed by atoms with Crippen molar-refractivity contribution in [2.45, 2.75) is 26.3 Å². The first-order valence-electron chi connectivity index (χ1n) is 6.85. The topological polar surface area (TPSA) is 41.1 Å². The summed E-state index contributed by atoms with van der Waals surface area (Å²) in [6.45, 7) is 4.07. The average molecular weight is 266 g/mol. The van der Waals surface area contributed by atoms with Gasteiger partial charge in [0.1, 0.15) is 6.04 Å². The summed E-state index contributed by atoms with van der Waals surface area (Å²) in [4.78, 5) is 12.3. The zero-order valence-corrected chi connectivity index (χ0v) is 11.7. The van der Waals surface area contributed by atoms with E-state index in [0.29, 0.717) is 0 Å². The third kappa shape index (κ3) is 2.52. The Bertz CT molecular complexity index is 619. The van der Waals surface area contributed by atoms with Crippen molar-refractivity contribution in [1.82, 2.24) is 0 Å². The molecule has 0 fully saturated rings. The maximum atomic E-state index is 12.3. The quantitative estimate of drug-likeness (QED) is 0.876. The molecule has 1 unspecified atom stereocenters. The number of anilines is 2. The smallest absolute Gasteiger partial charge is 0.247 e. The molecule has 20 heavy (non-hydrogen) atoms. The van der Waals surface area contributed by atoms with Crippen molar-refractivity contribution in [2.24, 2.45) is 0 Å². The number of carbonyl (C=O) groups is 1. The number of para-hydroxylation sites is 1. The van der Waals surface area contributed by atoms with Crippen LogP contribution in [0.1, 0.15) is 16.7 Å². The number of hydrogen-bond donors (Lipinski definition) is 2. The molecule has 0 saturated carbocycles. The molecule has 1 aliphatic rings. The first-order valence-corrected chi connectivity index (χ1v) is 6.85. The van der Waals surface area contributed by atoms with Gasteiger partial charge in [-0.05, 0) is 48.7 Å². The lowest BCUT2D eigenvalue weighted by Gasteiger charge is -2.13. The average Bonchev–Trinajstić information content (AvgIpc) is 2.81. The van der Waals surface area contributed by atoms with E-state index in [1.165, 1.54) is 5.56 Å². The summed E-state index contributed by atoms with van der Waals surface area (Å²) in [6.07, 6.45) is 0.743. The Morgan fingerprint density at radius 2 is 1.85 bits per heavy atom. The lowest BCUT2D eigenvalue weighted by atomic mass is 10.1. The Morgan fingerprint density at radius 1 is 1.15 bits per heavy atom. The van der Waals surface area contributed by atoms with Crippen molar-refractivity contribution in [3.63, 3.8) is 0 Å². The molecule has 1 amide bonds. The number of amides is 1. The van der Waals surface area contributed by atoms with E-state index in [1.807, 2.05) is 44.2 Å². The lowest BCUT2D eigenvalue weighted by molar-refractivity contribution is -0.116. The van der Waals surface area contributed by atoms with E-state index in [4.69, 9.17) is 0 Å². The van der Waals surface area contributed by atoms with E-state index >= 15 is 0 Å². The van der Waals surface area contributed by atoms with Gasteiger partial charge in [0.05, 0.1) is 0 Å². The third-order valence-electron chi connectivity index (χ3n) is 3.58. The summed E-state index contributed by atoms with van der Waals surface area (Å²) >= 11 is 0. The fourth-order valence-corrected chi connectivity index (χ4v) is 2.73. The SMILES string of the molecule is Cc1cc(C)cc(NC(=O)C2Cc3ccccc3N2)c1. The first-order chi connectivity index (χ1) is 9.61. The minimum atomic E-state index is -0.187. The van der Waals surface area contributed by atoms with Crippen LogP contribution in [0.2, 0.25) is 0 Å². The molecule has 2 N–H and O–H groups in total. The van der Waals surface area contributed by atoms with Crippen LogP contribution >= 0.6 is 0 Å². The highest BCUT2D eigenvalue weighted by molar-refractivity contribution is 5.98. The minimum Gasteiger partial charge on any atom is -0.373 e. The number of nitrogens with one attached hydrogen (secondary N) is 2. The lowest BCUT2D eigenvalue weighted by Crippen LogP contribution is -2.32. The predicted molar refractivity (Wildman–Crippen MR) is 82.1 cm³/mol. The van der Waals surface area contributed by atoms with Gasteiger partial charge in [0, 0.05) is 17.8 Å². The zero-order valence-electron chi connectivity index (χ0n) is 11.7. The largest absolute Gasteiger partial charge is 0.373 e. The van der Waals surface area contributed by atoms with E-state index < -0.39 is 0 Å². The molecule has 1 heterocycles. The minimum absolute atomic E-state index is 0.0196. The summed E-state index contributed by atoms with van der Waals surface area (Å²) in [5.74, 6) is 0.0196. The molecule has 0 saturated heterocycles. The van der Waals surface area contributed by atoms with Crippen LogP contribution in [0.3, 0.4) is 0 Å². The van der Waals surface area contributed by atoms with Crippen LogP contribution in [-0.4, -0.2) is 11.9 Å². The Balaban J connectivity index is 1.72. The van der Waals surface area contributed by atoms with Gasteiger partial charge >= 0.3 is 0 Å². The molecular weight excluding hydrogens is 248 g/mol. The van der Waals surface area contributed by atoms with E-state index in [2.05, 4.69) is 22.8 Å². The second-order valence-electron chi connectivity index (χ2n) is 5.42. The maximum absolute atomic E-state index is 12.3. The molecule has 1 atom stereocenters. The molecule has 2 aromatic rings. The van der Waals surface area contributed by atoms with Gasteiger partial charge in [-0.1, -0.05) is 24.3 Å². The molecule has 0 radical (unpaired) electrons. The summed E-state index contributed by atoms with van der Waals surface area (Å²) in [5, 5.41) is 6.27. The van der Waals surface area contributed by atoms with Crippen LogP contribution in [0, 0.1) is 13.8 Å². The van der Waals surface area contributed by atoms with Crippen LogP contribution < -0.4 is 10.6 Å². The van der Waals surface area contributed by atoms with Crippen molar-refractivity contribution in [3.05, 3.63) is 59.2 Å². The van der Waals surface area contributed by atoms with Crippen molar-refractivity contribution in [1.29, 1.82) is 0 Å². The van der Waals surface area contributed by atoms with Crippen LogP contribution in [0.25, 0.3) is 0 Å². The Kier molecular flexibility index (Phi) is 3.18. The van der Waals surface area contributed by atoms with Crippen LogP contribution in [-0.2, 0) is 11.2 Å². The third-order valence-corrected chi connectivity index (χ3v) is 3.58. The zero-order chi connectivity index (χ0) is 14.1. The number of benzene rings is 2. The molecule has 3 heteroatoms. The maximum Gasteiger partial charge on any atom is 0.247 e. The van der Waals surface area contributed by atoms with Gasteiger partial charge in [-0.25, -0.2) is 0 Å². The Hall–Kier alpha value is -2.29. The summed E-state index contributed by atoms with van der Waals surface area (Å²) in [5.41, 5.74) is 5.44. The van der Waals surface area contributed by atoms with Gasteiger partial charge in [-0.2, -0.15) is 0 Å². The van der Waals surface area contributed by atoms with Crippen molar-refractivity contribution < 1.29 is 4.79 Å². The van der Waals surface area contributed by atoms with Crippen LogP contribution in [0.5, 0.6) is 0 Å². The molecule has 0 bridgehead atoms. The van der Waals surface area contributed by atoms with Gasteiger partial charge < -0.3 is 10.6 Å². The summed E-state index contributed by atoms with van der Waals surface area (Å²) in [6, 6.07) is 14.0. The molecule has 1 aliphatic heterocycles. The van der Waals surface area contributed by atoms with Gasteiger partial charge in [-0.3, -0.25) is 4.79 Å². The fourth-order valence-electron chi connectivity index (χ4n) is 2.73. The molecule has 0 aromatic heterocycles. The van der Waals surface area contributed by atoms with Gasteiger partial charge in [0.25, 0.3) is 0 Å². The number of fused-ring (bicyclic) bond motifs is 1. The monoisotopic (exact) mass is 266 g/mol. The van der Waals surface area contributed by atoms with E-state index in [1.54, 1.807) is 0 Å². The van der Waals surface area contributed by atoms with Crippen molar-refractivity contribution >= 4 is 17.3 Å². The van der Waals surface area contributed by atoms with E-state index in [9.17, 15) is 4.79 Å². The van der Waals surface area contributed by atoms with Gasteiger partial charge in [0.2, 0.25) is 5.91 Å². The van der Waals surface area contributed by atoms with Crippen LogP contribution in [0.4, 0.5) is 11.4 Å². The molecule has 102 valence electrons. The highest BCUT2D eigenvalue weighted by atomic mass is 16.2. The highest BCUT2D eigenvalue weighted by Crippen LogP contribution is 2.26. The van der Waals surface area contributed by atoms with Crippen molar-refractivity contribution in [2.75, 3.05) is 10.6 Å². The second-order valence-corrected chi connectivity index (χ2v) is 5.42. The molecular formula is C17H18N2O. The number of hydrogen-bond acceptors (Lipinski definition) is 2. The van der Waals surface area contributed by atoms with Crippen LogP contribution in [0.15, 0.2) is 42.5 Å². The van der Waals surface area contributed by atoms with Gasteiger partial charge in [0.15, 0.2) is 0 Å². The Labute approximate surface area is 119 Å². The normalized spacial score (nSPS) is 16.4. The molecule has 0 spiro atoms. The molecule has 0 aliphatic carbocycles. The summed E-state index contributed by atoms with van der Waals surface area (Å²) < 4.78 is 0. The molecule has 3 nitrogen and oxygen atoms in total. The molecule has 2 aromatic carbocycles. The van der Waals surface area contributed by atoms with E-state index in [-0.39, 0.29) is 11.9 Å². The Morgan fingerprint density at radius 3 is 2.55 bits per heavy atom. The highest BCUT2D eigenvalue weighted by Gasteiger charge is 2.26.